The molecule has 1 rings (SSSR count). The van der Waals surface area contributed by atoms with Crippen molar-refractivity contribution in [3.63, 3.8) is 0 Å². The second-order valence-corrected chi connectivity index (χ2v) is 3.55. The predicted molar refractivity (Wildman–Crippen MR) is 49.8 cm³/mol. The van der Waals surface area contributed by atoms with Crippen molar-refractivity contribution in [2.24, 2.45) is 0 Å². The minimum absolute atomic E-state index is 0.0375. The van der Waals surface area contributed by atoms with Crippen molar-refractivity contribution in [3.05, 3.63) is 34.3 Å². The largest absolute Gasteiger partial charge is 0.394 e. The number of hydrogen-bond acceptors (Lipinski definition) is 1. The highest BCUT2D eigenvalue weighted by Gasteiger charge is 2.08. The van der Waals surface area contributed by atoms with E-state index in [0.29, 0.717) is 0 Å². The van der Waals surface area contributed by atoms with Gasteiger partial charge in [-0.3, -0.25) is 0 Å². The van der Waals surface area contributed by atoms with Crippen LogP contribution in [0.5, 0.6) is 0 Å². The Bertz CT molecular complexity index is 239. The summed E-state index contributed by atoms with van der Waals surface area (Å²) in [6.45, 7) is -0.0375. The Balaban J connectivity index is 2.93. The van der Waals surface area contributed by atoms with E-state index in [2.05, 4.69) is 15.9 Å². The van der Waals surface area contributed by atoms with E-state index in [0.717, 1.165) is 10.0 Å². The van der Waals surface area contributed by atoms with Gasteiger partial charge in [-0.1, -0.05) is 34.1 Å². The molecule has 1 atom stereocenters. The summed E-state index contributed by atoms with van der Waals surface area (Å²) in [6, 6.07) is 7.60. The van der Waals surface area contributed by atoms with Gasteiger partial charge in [0.15, 0.2) is 0 Å². The molecule has 11 heavy (non-hydrogen) atoms. The lowest BCUT2D eigenvalue weighted by atomic mass is 10.2. The smallest absolute Gasteiger partial charge is 0.0827 e. The Hall–Kier alpha value is -0.0500. The summed E-state index contributed by atoms with van der Waals surface area (Å²) in [5, 5.41) is 8.45. The number of benzene rings is 1. The van der Waals surface area contributed by atoms with Crippen molar-refractivity contribution in [1.82, 2.24) is 0 Å². The minimum Gasteiger partial charge on any atom is -0.394 e. The van der Waals surface area contributed by atoms with Gasteiger partial charge in [0.1, 0.15) is 0 Å². The maximum absolute atomic E-state index is 8.76. The first kappa shape index (κ1) is 9.04. The van der Waals surface area contributed by atoms with Crippen molar-refractivity contribution in [3.8, 4) is 0 Å². The summed E-state index contributed by atoms with van der Waals surface area (Å²) >= 11 is 9.16. The molecular formula is C8H8BrClO. The van der Waals surface area contributed by atoms with Crippen LogP contribution in [-0.2, 0) is 0 Å². The monoisotopic (exact) mass is 234 g/mol. The summed E-state index contributed by atoms with van der Waals surface area (Å²) < 4.78 is 0.939. The van der Waals surface area contributed by atoms with Crippen LogP contribution in [0, 0.1) is 0 Å². The van der Waals surface area contributed by atoms with Gasteiger partial charge in [0.25, 0.3) is 0 Å². The van der Waals surface area contributed by atoms with Gasteiger partial charge in [-0.05, 0) is 11.6 Å². The Labute approximate surface area is 79.1 Å². The molecule has 0 saturated carbocycles. The molecule has 0 amide bonds. The van der Waals surface area contributed by atoms with Gasteiger partial charge in [-0.25, -0.2) is 0 Å². The van der Waals surface area contributed by atoms with Crippen LogP contribution < -0.4 is 0 Å². The van der Waals surface area contributed by atoms with Crippen LogP contribution in [0.2, 0.25) is 0 Å². The van der Waals surface area contributed by atoms with Crippen molar-refractivity contribution in [2.45, 2.75) is 5.38 Å². The van der Waals surface area contributed by atoms with Gasteiger partial charge >= 0.3 is 0 Å². The molecule has 0 radical (unpaired) electrons. The Kier molecular flexibility index (Phi) is 3.37. The highest BCUT2D eigenvalue weighted by molar-refractivity contribution is 9.10. The molecule has 0 aliphatic carbocycles. The highest BCUT2D eigenvalue weighted by atomic mass is 79.9. The second-order valence-electron chi connectivity index (χ2n) is 2.17. The summed E-state index contributed by atoms with van der Waals surface area (Å²) in [6.07, 6.45) is 0. The van der Waals surface area contributed by atoms with Crippen molar-refractivity contribution >= 4 is 27.5 Å². The molecule has 0 aromatic heterocycles. The van der Waals surface area contributed by atoms with Gasteiger partial charge in [0.2, 0.25) is 0 Å². The van der Waals surface area contributed by atoms with Gasteiger partial charge in [-0.2, -0.15) is 0 Å². The molecule has 1 aromatic rings. The van der Waals surface area contributed by atoms with Crippen LogP contribution in [-0.4, -0.2) is 11.7 Å². The average molecular weight is 236 g/mol. The third-order valence-electron chi connectivity index (χ3n) is 1.40. The van der Waals surface area contributed by atoms with Crippen molar-refractivity contribution in [2.75, 3.05) is 6.61 Å². The molecule has 1 nitrogen and oxygen atoms in total. The highest BCUT2D eigenvalue weighted by Crippen LogP contribution is 2.26. The van der Waals surface area contributed by atoms with E-state index in [1.165, 1.54) is 0 Å². The van der Waals surface area contributed by atoms with E-state index in [1.54, 1.807) is 0 Å². The Morgan fingerprint density at radius 1 is 1.45 bits per heavy atom. The Morgan fingerprint density at radius 2 is 2.09 bits per heavy atom. The number of aliphatic hydroxyl groups excluding tert-OH is 1. The molecule has 0 bridgehead atoms. The molecule has 0 aliphatic rings. The van der Waals surface area contributed by atoms with Crippen LogP contribution in [0.3, 0.4) is 0 Å². The predicted octanol–water partition coefficient (Wildman–Crippen LogP) is 2.72. The Morgan fingerprint density at radius 3 is 2.64 bits per heavy atom. The maximum atomic E-state index is 8.76. The van der Waals surface area contributed by atoms with Crippen molar-refractivity contribution in [1.29, 1.82) is 0 Å². The summed E-state index contributed by atoms with van der Waals surface area (Å²) in [5.74, 6) is 0. The first-order chi connectivity index (χ1) is 5.25. The van der Waals surface area contributed by atoms with Crippen LogP contribution in [0.15, 0.2) is 28.7 Å². The molecule has 3 heteroatoms. The lowest BCUT2D eigenvalue weighted by Crippen LogP contribution is -1.96. The summed E-state index contributed by atoms with van der Waals surface area (Å²) in [5.41, 5.74) is 0.927. The summed E-state index contributed by atoms with van der Waals surface area (Å²) in [7, 11) is 0. The number of hydrogen-bond donors (Lipinski definition) is 1. The third-order valence-corrected chi connectivity index (χ3v) is 2.50. The molecule has 1 unspecified atom stereocenters. The molecule has 0 spiro atoms. The fraction of sp³-hybridized carbons (Fsp3) is 0.250. The molecule has 0 fully saturated rings. The number of aliphatic hydroxyl groups is 1. The first-order valence-corrected chi connectivity index (χ1v) is 4.48. The SMILES string of the molecule is OCC(Cl)c1ccccc1Br. The number of alkyl halides is 1. The van der Waals surface area contributed by atoms with E-state index in [1.807, 2.05) is 24.3 Å². The van der Waals surface area contributed by atoms with Crippen LogP contribution >= 0.6 is 27.5 Å². The number of rotatable bonds is 2. The van der Waals surface area contributed by atoms with Crippen LogP contribution in [0.1, 0.15) is 10.9 Å². The van der Waals surface area contributed by atoms with E-state index in [9.17, 15) is 0 Å². The molecule has 1 aromatic carbocycles. The van der Waals surface area contributed by atoms with Gasteiger partial charge in [0.05, 0.1) is 12.0 Å². The number of halogens is 2. The van der Waals surface area contributed by atoms with Gasteiger partial charge in [-0.15, -0.1) is 11.6 Å². The fourth-order valence-electron chi connectivity index (χ4n) is 0.827. The standard InChI is InChI=1S/C8H8BrClO/c9-7-4-2-1-3-6(7)8(10)5-11/h1-4,8,11H,5H2. The molecule has 0 saturated heterocycles. The van der Waals surface area contributed by atoms with Crippen LogP contribution in [0.4, 0.5) is 0 Å². The summed E-state index contributed by atoms with van der Waals surface area (Å²) in [4.78, 5) is 0. The fourth-order valence-corrected chi connectivity index (χ4v) is 1.71. The maximum Gasteiger partial charge on any atom is 0.0827 e. The molecular weight excluding hydrogens is 227 g/mol. The van der Waals surface area contributed by atoms with Crippen LogP contribution in [0.25, 0.3) is 0 Å². The zero-order valence-electron chi connectivity index (χ0n) is 5.80. The molecule has 0 heterocycles. The van der Waals surface area contributed by atoms with E-state index in [4.69, 9.17) is 16.7 Å². The van der Waals surface area contributed by atoms with E-state index in [-0.39, 0.29) is 12.0 Å². The molecule has 0 aliphatic heterocycles. The zero-order valence-corrected chi connectivity index (χ0v) is 8.14. The molecule has 1 N–H and O–H groups in total. The second kappa shape index (κ2) is 4.10. The van der Waals surface area contributed by atoms with Gasteiger partial charge in [0, 0.05) is 4.47 Å². The normalized spacial score (nSPS) is 13.0. The van der Waals surface area contributed by atoms with Crippen molar-refractivity contribution < 1.29 is 5.11 Å². The average Bonchev–Trinajstić information content (AvgIpc) is 2.04. The topological polar surface area (TPSA) is 20.2 Å². The van der Waals surface area contributed by atoms with Gasteiger partial charge < -0.3 is 5.11 Å². The lowest BCUT2D eigenvalue weighted by molar-refractivity contribution is 0.294. The zero-order chi connectivity index (χ0) is 8.27. The van der Waals surface area contributed by atoms with E-state index < -0.39 is 0 Å². The molecule has 60 valence electrons. The quantitative estimate of drug-likeness (QED) is 0.782. The third kappa shape index (κ3) is 2.19. The van der Waals surface area contributed by atoms with E-state index >= 15 is 0 Å². The minimum atomic E-state index is -0.314. The lowest BCUT2D eigenvalue weighted by Gasteiger charge is -2.07. The first-order valence-electron chi connectivity index (χ1n) is 3.25.